The van der Waals surface area contributed by atoms with E-state index >= 15 is 0 Å². The van der Waals surface area contributed by atoms with Crippen LogP contribution in [0.2, 0.25) is 0 Å². The molecule has 7 heteroatoms. The topological polar surface area (TPSA) is 99.9 Å². The molecule has 29 heavy (non-hydrogen) atoms. The minimum Gasteiger partial charge on any atom is -0.491 e. The molecule has 3 rings (SSSR count). The molecule has 3 aromatic rings. The van der Waals surface area contributed by atoms with Crippen molar-refractivity contribution in [2.75, 3.05) is 10.6 Å². The number of nitriles is 1. The van der Waals surface area contributed by atoms with Gasteiger partial charge in [0.2, 0.25) is 0 Å². The first kappa shape index (κ1) is 19.8. The lowest BCUT2D eigenvalue weighted by molar-refractivity contribution is 0.102. The van der Waals surface area contributed by atoms with Crippen LogP contribution in [0.3, 0.4) is 0 Å². The van der Waals surface area contributed by atoms with Gasteiger partial charge in [0.05, 0.1) is 17.7 Å². The number of nitrogens with one attached hydrogen (secondary N) is 2. The molecule has 0 unspecified atom stereocenters. The van der Waals surface area contributed by atoms with E-state index in [-0.39, 0.29) is 17.7 Å². The van der Waals surface area contributed by atoms with Gasteiger partial charge >= 0.3 is 0 Å². The molecule has 1 heterocycles. The average molecular weight is 387 g/mol. The lowest BCUT2D eigenvalue weighted by Gasteiger charge is -2.11. The first-order valence-corrected chi connectivity index (χ1v) is 9.14. The van der Waals surface area contributed by atoms with Crippen LogP contribution in [0.4, 0.5) is 17.2 Å². The van der Waals surface area contributed by atoms with Crippen LogP contribution >= 0.6 is 0 Å². The summed E-state index contributed by atoms with van der Waals surface area (Å²) in [5.41, 5.74) is 2.22. The normalized spacial score (nSPS) is 10.3. The molecule has 7 nitrogen and oxygen atoms in total. The fourth-order valence-corrected chi connectivity index (χ4v) is 2.61. The lowest BCUT2D eigenvalue weighted by atomic mass is 10.2. The monoisotopic (exact) mass is 387 g/mol. The van der Waals surface area contributed by atoms with Crippen molar-refractivity contribution in [3.8, 4) is 11.8 Å². The Morgan fingerprint density at radius 1 is 1.03 bits per heavy atom. The number of aryl methyl sites for hydroxylation is 1. The van der Waals surface area contributed by atoms with Gasteiger partial charge in [-0.25, -0.2) is 9.97 Å². The van der Waals surface area contributed by atoms with Crippen molar-refractivity contribution < 1.29 is 9.53 Å². The number of amides is 1. The SMILES string of the molecule is Cc1nc(Nc2ccc(C#N)cc2)cc(C(=O)Nc2ccc(OC(C)C)cc2)n1. The highest BCUT2D eigenvalue weighted by atomic mass is 16.5. The molecule has 0 aliphatic rings. The molecule has 0 saturated heterocycles. The van der Waals surface area contributed by atoms with Gasteiger partial charge in [-0.1, -0.05) is 0 Å². The zero-order valence-corrected chi connectivity index (χ0v) is 16.4. The number of nitrogens with zero attached hydrogens (tertiary/aromatic N) is 3. The smallest absolute Gasteiger partial charge is 0.274 e. The molecule has 146 valence electrons. The third-order valence-corrected chi connectivity index (χ3v) is 3.84. The Morgan fingerprint density at radius 2 is 1.69 bits per heavy atom. The summed E-state index contributed by atoms with van der Waals surface area (Å²) in [4.78, 5) is 21.2. The number of carbonyl (C=O) groups excluding carboxylic acids is 1. The number of carbonyl (C=O) groups is 1. The van der Waals surface area contributed by atoms with E-state index in [9.17, 15) is 4.79 Å². The second-order valence-corrected chi connectivity index (χ2v) is 6.64. The Balaban J connectivity index is 1.72. The average Bonchev–Trinajstić information content (AvgIpc) is 2.69. The van der Waals surface area contributed by atoms with Gasteiger partial charge in [-0.05, 0) is 69.3 Å². The molecule has 0 spiro atoms. The van der Waals surface area contributed by atoms with Gasteiger partial charge < -0.3 is 15.4 Å². The molecular formula is C22H21N5O2. The van der Waals surface area contributed by atoms with Crippen molar-refractivity contribution >= 4 is 23.1 Å². The van der Waals surface area contributed by atoms with Gasteiger partial charge in [0.1, 0.15) is 23.1 Å². The van der Waals surface area contributed by atoms with E-state index in [4.69, 9.17) is 10.00 Å². The number of ether oxygens (including phenoxy) is 1. The maximum atomic E-state index is 12.6. The Morgan fingerprint density at radius 3 is 2.31 bits per heavy atom. The predicted octanol–water partition coefficient (Wildman–Crippen LogP) is 4.44. The van der Waals surface area contributed by atoms with Gasteiger partial charge in [0.15, 0.2) is 0 Å². The highest BCUT2D eigenvalue weighted by Gasteiger charge is 2.11. The second kappa shape index (κ2) is 8.85. The van der Waals surface area contributed by atoms with E-state index in [1.165, 1.54) is 0 Å². The molecule has 0 aliphatic heterocycles. The predicted molar refractivity (Wildman–Crippen MR) is 111 cm³/mol. The van der Waals surface area contributed by atoms with Crippen LogP contribution in [0.15, 0.2) is 54.6 Å². The van der Waals surface area contributed by atoms with Crippen LogP contribution in [0.1, 0.15) is 35.7 Å². The highest BCUT2D eigenvalue weighted by Crippen LogP contribution is 2.19. The van der Waals surface area contributed by atoms with Crippen LogP contribution < -0.4 is 15.4 Å². The van der Waals surface area contributed by atoms with E-state index in [0.717, 1.165) is 11.4 Å². The molecule has 0 radical (unpaired) electrons. The fourth-order valence-electron chi connectivity index (χ4n) is 2.61. The number of benzene rings is 2. The van der Waals surface area contributed by atoms with Gasteiger partial charge in [0, 0.05) is 17.4 Å². The summed E-state index contributed by atoms with van der Waals surface area (Å²) in [6.07, 6.45) is 0.0847. The molecule has 0 bridgehead atoms. The maximum absolute atomic E-state index is 12.6. The summed E-state index contributed by atoms with van der Waals surface area (Å²) in [5.74, 6) is 1.36. The lowest BCUT2D eigenvalue weighted by Crippen LogP contribution is -2.15. The molecule has 2 aromatic carbocycles. The molecule has 0 saturated carbocycles. The first-order valence-electron chi connectivity index (χ1n) is 9.14. The number of rotatable bonds is 6. The number of anilines is 3. The summed E-state index contributed by atoms with van der Waals surface area (Å²) >= 11 is 0. The first-order chi connectivity index (χ1) is 13.9. The summed E-state index contributed by atoms with van der Waals surface area (Å²) in [6, 6.07) is 17.8. The van der Waals surface area contributed by atoms with Crippen molar-refractivity contribution in [2.24, 2.45) is 0 Å². The van der Waals surface area contributed by atoms with Crippen LogP contribution in [-0.4, -0.2) is 22.0 Å². The molecule has 0 fully saturated rings. The summed E-state index contributed by atoms with van der Waals surface area (Å²) in [6.45, 7) is 5.63. The third-order valence-electron chi connectivity index (χ3n) is 3.84. The Hall–Kier alpha value is -3.92. The molecule has 2 N–H and O–H groups in total. The summed E-state index contributed by atoms with van der Waals surface area (Å²) < 4.78 is 5.60. The van der Waals surface area contributed by atoms with E-state index in [1.54, 1.807) is 61.5 Å². The Kier molecular flexibility index (Phi) is 6.05. The highest BCUT2D eigenvalue weighted by molar-refractivity contribution is 6.03. The van der Waals surface area contributed by atoms with Crippen LogP contribution in [0, 0.1) is 18.3 Å². The Labute approximate surface area is 169 Å². The van der Waals surface area contributed by atoms with E-state index in [2.05, 4.69) is 26.7 Å². The molecular weight excluding hydrogens is 366 g/mol. The van der Waals surface area contributed by atoms with Crippen molar-refractivity contribution in [3.05, 3.63) is 71.7 Å². The quantitative estimate of drug-likeness (QED) is 0.649. The van der Waals surface area contributed by atoms with Crippen molar-refractivity contribution in [1.82, 2.24) is 9.97 Å². The largest absolute Gasteiger partial charge is 0.491 e. The number of aromatic nitrogens is 2. The maximum Gasteiger partial charge on any atom is 0.274 e. The summed E-state index contributed by atoms with van der Waals surface area (Å²) in [7, 11) is 0. The number of hydrogen-bond acceptors (Lipinski definition) is 6. The third kappa shape index (κ3) is 5.53. The zero-order chi connectivity index (χ0) is 20.8. The van der Waals surface area contributed by atoms with E-state index in [0.29, 0.717) is 22.9 Å². The summed E-state index contributed by atoms with van der Waals surface area (Å²) in [5, 5.41) is 14.8. The van der Waals surface area contributed by atoms with Crippen LogP contribution in [0.5, 0.6) is 5.75 Å². The standard InChI is InChI=1S/C22H21N5O2/c1-14(2)29-19-10-8-18(9-11-19)27-22(28)20-12-21(25-15(3)24-20)26-17-6-4-16(13-23)5-7-17/h4-12,14H,1-3H3,(H,27,28)(H,24,25,26). The molecule has 1 aromatic heterocycles. The number of hydrogen-bond donors (Lipinski definition) is 2. The molecule has 1 amide bonds. The van der Waals surface area contributed by atoms with Gasteiger partial charge in [-0.3, -0.25) is 4.79 Å². The fraction of sp³-hybridized carbons (Fsp3) is 0.182. The minimum absolute atomic E-state index is 0.0847. The Bertz CT molecular complexity index is 1040. The van der Waals surface area contributed by atoms with Crippen molar-refractivity contribution in [2.45, 2.75) is 26.9 Å². The van der Waals surface area contributed by atoms with Crippen molar-refractivity contribution in [1.29, 1.82) is 5.26 Å². The second-order valence-electron chi connectivity index (χ2n) is 6.64. The van der Waals surface area contributed by atoms with Crippen LogP contribution in [-0.2, 0) is 0 Å². The van der Waals surface area contributed by atoms with Gasteiger partial charge in [0.25, 0.3) is 5.91 Å². The van der Waals surface area contributed by atoms with E-state index in [1.807, 2.05) is 13.8 Å². The molecule has 0 aliphatic carbocycles. The van der Waals surface area contributed by atoms with Crippen LogP contribution in [0.25, 0.3) is 0 Å². The van der Waals surface area contributed by atoms with Gasteiger partial charge in [-0.15, -0.1) is 0 Å². The van der Waals surface area contributed by atoms with Gasteiger partial charge in [-0.2, -0.15) is 5.26 Å². The zero-order valence-electron chi connectivity index (χ0n) is 16.4. The van der Waals surface area contributed by atoms with Crippen molar-refractivity contribution in [3.63, 3.8) is 0 Å². The minimum atomic E-state index is -0.337. The van der Waals surface area contributed by atoms with E-state index < -0.39 is 0 Å². The molecule has 0 atom stereocenters.